The Hall–Kier alpha value is -3.29. The normalized spacial score (nSPS) is 15.0. The van der Waals surface area contributed by atoms with Crippen molar-refractivity contribution < 1.29 is 18.8 Å². The van der Waals surface area contributed by atoms with Crippen LogP contribution in [0.2, 0.25) is 5.02 Å². The van der Waals surface area contributed by atoms with E-state index in [0.717, 1.165) is 27.8 Å². The van der Waals surface area contributed by atoms with Gasteiger partial charge in [0.25, 0.3) is 11.1 Å². The van der Waals surface area contributed by atoms with Crippen LogP contribution in [-0.4, -0.2) is 28.5 Å². The number of nitrogens with one attached hydrogen (secondary N) is 1. The third kappa shape index (κ3) is 4.90. The molecule has 3 aromatic rings. The quantitative estimate of drug-likeness (QED) is 0.511. The summed E-state index contributed by atoms with van der Waals surface area (Å²) < 4.78 is 5.77. The van der Waals surface area contributed by atoms with Gasteiger partial charge in [0.05, 0.1) is 4.91 Å². The van der Waals surface area contributed by atoms with Gasteiger partial charge in [-0.25, -0.2) is 0 Å². The maximum absolute atomic E-state index is 12.7. The van der Waals surface area contributed by atoms with Crippen LogP contribution in [-0.2, 0) is 9.59 Å². The molecule has 1 aromatic heterocycles. The molecule has 4 rings (SSSR count). The summed E-state index contributed by atoms with van der Waals surface area (Å²) in [6, 6.07) is 17.9. The molecule has 0 bridgehead atoms. The Morgan fingerprint density at radius 3 is 2.65 bits per heavy atom. The number of carbonyl (C=O) groups is 3. The highest BCUT2D eigenvalue weighted by atomic mass is 35.5. The van der Waals surface area contributed by atoms with E-state index in [9.17, 15) is 14.4 Å². The van der Waals surface area contributed by atoms with Gasteiger partial charge in [0, 0.05) is 22.3 Å². The zero-order chi connectivity index (χ0) is 22.0. The van der Waals surface area contributed by atoms with E-state index in [1.54, 1.807) is 36.4 Å². The van der Waals surface area contributed by atoms with Gasteiger partial charge in [0.1, 0.15) is 18.1 Å². The Labute approximate surface area is 187 Å². The second-order valence-electron chi connectivity index (χ2n) is 6.89. The summed E-state index contributed by atoms with van der Waals surface area (Å²) in [4.78, 5) is 38.3. The molecule has 6 nitrogen and oxygen atoms in total. The Kier molecular flexibility index (Phi) is 5.97. The fourth-order valence-electron chi connectivity index (χ4n) is 2.97. The van der Waals surface area contributed by atoms with Crippen molar-refractivity contribution in [2.24, 2.45) is 0 Å². The highest BCUT2D eigenvalue weighted by Gasteiger charge is 2.36. The number of rotatable bonds is 5. The first kappa shape index (κ1) is 21.0. The minimum atomic E-state index is -0.533. The zero-order valence-corrected chi connectivity index (χ0v) is 18.0. The van der Waals surface area contributed by atoms with Crippen LogP contribution < -0.4 is 5.32 Å². The van der Waals surface area contributed by atoms with Gasteiger partial charge in [-0.15, -0.1) is 0 Å². The predicted molar refractivity (Wildman–Crippen MR) is 122 cm³/mol. The molecule has 1 aliphatic rings. The molecule has 156 valence electrons. The third-order valence-corrected chi connectivity index (χ3v) is 5.66. The molecule has 1 saturated heterocycles. The van der Waals surface area contributed by atoms with Crippen LogP contribution in [0.4, 0.5) is 10.5 Å². The van der Waals surface area contributed by atoms with Crippen LogP contribution in [0.1, 0.15) is 11.3 Å². The lowest BCUT2D eigenvalue weighted by atomic mass is 10.2. The van der Waals surface area contributed by atoms with Crippen molar-refractivity contribution in [2.75, 3.05) is 11.9 Å². The van der Waals surface area contributed by atoms with Crippen molar-refractivity contribution in [3.63, 3.8) is 0 Å². The highest BCUT2D eigenvalue weighted by Crippen LogP contribution is 2.33. The number of carbonyl (C=O) groups excluding carboxylic acids is 3. The number of thioether (sulfide) groups is 1. The van der Waals surface area contributed by atoms with E-state index >= 15 is 0 Å². The van der Waals surface area contributed by atoms with Gasteiger partial charge >= 0.3 is 0 Å². The summed E-state index contributed by atoms with van der Waals surface area (Å²) in [6.45, 7) is 1.58. The molecule has 0 saturated carbocycles. The molecule has 2 aromatic carbocycles. The number of imide groups is 1. The lowest BCUT2D eigenvalue weighted by Gasteiger charge is -2.12. The molecule has 3 amide bonds. The topological polar surface area (TPSA) is 79.6 Å². The minimum absolute atomic E-state index is 0.195. The van der Waals surface area contributed by atoms with Crippen LogP contribution in [0.5, 0.6) is 0 Å². The number of benzene rings is 2. The Bertz CT molecular complexity index is 1200. The van der Waals surface area contributed by atoms with Crippen LogP contribution in [0.3, 0.4) is 0 Å². The fourth-order valence-corrected chi connectivity index (χ4v) is 3.98. The molecule has 0 atom stereocenters. The van der Waals surface area contributed by atoms with Crippen molar-refractivity contribution in [1.82, 2.24) is 4.90 Å². The number of hydrogen-bond donors (Lipinski definition) is 1. The average Bonchev–Trinajstić information content (AvgIpc) is 3.30. The van der Waals surface area contributed by atoms with Crippen LogP contribution in [0, 0.1) is 6.92 Å². The molecule has 0 aliphatic carbocycles. The number of amides is 3. The second-order valence-corrected chi connectivity index (χ2v) is 8.32. The van der Waals surface area contributed by atoms with Crippen molar-refractivity contribution in [3.8, 4) is 11.3 Å². The summed E-state index contributed by atoms with van der Waals surface area (Å²) in [5.41, 5.74) is 2.46. The van der Waals surface area contributed by atoms with Crippen molar-refractivity contribution >= 4 is 52.2 Å². The van der Waals surface area contributed by atoms with Crippen molar-refractivity contribution in [1.29, 1.82) is 0 Å². The number of nitrogens with zero attached hydrogens (tertiary/aromatic N) is 1. The molecule has 0 spiro atoms. The van der Waals surface area contributed by atoms with Gasteiger partial charge < -0.3 is 9.73 Å². The molecule has 8 heteroatoms. The standard InChI is InChI=1S/C23H17ClN2O4S/c1-14-5-7-17(8-6-14)25-21(27)13-26-22(28)20(31-23(26)29)12-18-9-10-19(30-18)15-3-2-4-16(24)11-15/h2-12H,13H2,1H3,(H,25,27)/b20-12+. The lowest BCUT2D eigenvalue weighted by molar-refractivity contribution is -0.127. The Morgan fingerprint density at radius 2 is 1.90 bits per heavy atom. The van der Waals surface area contributed by atoms with Crippen molar-refractivity contribution in [3.05, 3.63) is 81.9 Å². The number of halogens is 1. The van der Waals surface area contributed by atoms with Crippen molar-refractivity contribution in [2.45, 2.75) is 6.92 Å². The largest absolute Gasteiger partial charge is 0.457 e. The van der Waals surface area contributed by atoms with Crippen LogP contribution >= 0.6 is 23.4 Å². The summed E-state index contributed by atoms with van der Waals surface area (Å²) in [5.74, 6) is 0.0263. The summed E-state index contributed by atoms with van der Waals surface area (Å²) in [6.07, 6.45) is 1.50. The fraction of sp³-hybridized carbons (Fsp3) is 0.0870. The molecule has 1 aliphatic heterocycles. The van der Waals surface area contributed by atoms with Gasteiger partial charge in [-0.3, -0.25) is 19.3 Å². The molecule has 31 heavy (non-hydrogen) atoms. The molecular formula is C23H17ClN2O4S. The SMILES string of the molecule is Cc1ccc(NC(=O)CN2C(=O)S/C(=C/c3ccc(-c4cccc(Cl)c4)o3)C2=O)cc1. The van der Waals surface area contributed by atoms with E-state index in [1.807, 2.05) is 31.2 Å². The first-order valence-electron chi connectivity index (χ1n) is 9.37. The van der Waals surface area contributed by atoms with Gasteiger partial charge in [0.2, 0.25) is 5.91 Å². The lowest BCUT2D eigenvalue weighted by Crippen LogP contribution is -2.36. The molecule has 0 radical (unpaired) electrons. The average molecular weight is 453 g/mol. The van der Waals surface area contributed by atoms with Crippen LogP contribution in [0.15, 0.2) is 70.0 Å². The number of anilines is 1. The molecule has 1 fully saturated rings. The van der Waals surface area contributed by atoms with Crippen LogP contribution in [0.25, 0.3) is 17.4 Å². The van der Waals surface area contributed by atoms with E-state index in [-0.39, 0.29) is 11.4 Å². The van der Waals surface area contributed by atoms with Gasteiger partial charge in [-0.05, 0) is 55.1 Å². The molecule has 0 unspecified atom stereocenters. The third-order valence-electron chi connectivity index (χ3n) is 4.52. The summed E-state index contributed by atoms with van der Waals surface area (Å²) in [7, 11) is 0. The molecule has 2 heterocycles. The number of furan rings is 1. The van der Waals surface area contributed by atoms with E-state index in [0.29, 0.717) is 22.2 Å². The van der Waals surface area contributed by atoms with E-state index in [1.165, 1.54) is 6.08 Å². The maximum atomic E-state index is 12.7. The van der Waals surface area contributed by atoms with E-state index in [2.05, 4.69) is 5.32 Å². The van der Waals surface area contributed by atoms with E-state index in [4.69, 9.17) is 16.0 Å². The smallest absolute Gasteiger partial charge is 0.294 e. The first-order chi connectivity index (χ1) is 14.9. The van der Waals surface area contributed by atoms with Gasteiger partial charge in [0.15, 0.2) is 0 Å². The first-order valence-corrected chi connectivity index (χ1v) is 10.6. The minimum Gasteiger partial charge on any atom is -0.457 e. The summed E-state index contributed by atoms with van der Waals surface area (Å²) in [5, 5.41) is 2.77. The number of aryl methyl sites for hydroxylation is 1. The van der Waals surface area contributed by atoms with Gasteiger partial charge in [-0.1, -0.05) is 41.4 Å². The zero-order valence-electron chi connectivity index (χ0n) is 16.4. The molecular weight excluding hydrogens is 436 g/mol. The second kappa shape index (κ2) is 8.83. The highest BCUT2D eigenvalue weighted by molar-refractivity contribution is 8.18. The maximum Gasteiger partial charge on any atom is 0.294 e. The predicted octanol–water partition coefficient (Wildman–Crippen LogP) is 5.58. The Morgan fingerprint density at radius 1 is 1.13 bits per heavy atom. The monoisotopic (exact) mass is 452 g/mol. The van der Waals surface area contributed by atoms with E-state index < -0.39 is 17.1 Å². The summed E-state index contributed by atoms with van der Waals surface area (Å²) >= 11 is 6.78. The Balaban J connectivity index is 1.45. The van der Waals surface area contributed by atoms with Gasteiger partial charge in [-0.2, -0.15) is 0 Å². The molecule has 1 N–H and O–H groups in total. The number of hydrogen-bond acceptors (Lipinski definition) is 5.